The van der Waals surface area contributed by atoms with E-state index in [0.29, 0.717) is 15.1 Å². The van der Waals surface area contributed by atoms with Crippen LogP contribution in [-0.2, 0) is 0 Å². The minimum atomic E-state index is -0.167. The van der Waals surface area contributed by atoms with Gasteiger partial charge in [0.2, 0.25) is 0 Å². The van der Waals surface area contributed by atoms with Crippen molar-refractivity contribution in [3.8, 4) is 11.1 Å². The van der Waals surface area contributed by atoms with Crippen LogP contribution in [0.4, 0.5) is 0 Å². The van der Waals surface area contributed by atoms with E-state index >= 15 is 0 Å². The normalized spacial score (nSPS) is 12.3. The lowest BCUT2D eigenvalue weighted by molar-refractivity contribution is 0.679. The van der Waals surface area contributed by atoms with Crippen molar-refractivity contribution in [1.29, 1.82) is 0 Å². The Labute approximate surface area is 166 Å². The molecule has 2 heterocycles. The molecule has 0 aliphatic carbocycles. The molecule has 0 fully saturated rings. The van der Waals surface area contributed by atoms with E-state index in [1.807, 2.05) is 59.6 Å². The summed E-state index contributed by atoms with van der Waals surface area (Å²) in [5.41, 5.74) is 3.95. The van der Waals surface area contributed by atoms with Crippen LogP contribution >= 0.6 is 34.8 Å². The van der Waals surface area contributed by atoms with Gasteiger partial charge in [-0.1, -0.05) is 59.1 Å². The number of H-pyrrole nitrogens is 1. The fourth-order valence-electron chi connectivity index (χ4n) is 3.15. The third kappa shape index (κ3) is 3.14. The highest BCUT2D eigenvalue weighted by atomic mass is 35.5. The molecule has 2 aromatic heterocycles. The smallest absolute Gasteiger partial charge is 0.0954 e. The highest BCUT2D eigenvalue weighted by Crippen LogP contribution is 2.39. The maximum atomic E-state index is 6.53. The average Bonchev–Trinajstić information content (AvgIpc) is 3.30. The van der Waals surface area contributed by atoms with Crippen LogP contribution in [0.3, 0.4) is 0 Å². The van der Waals surface area contributed by atoms with Gasteiger partial charge in [0, 0.05) is 56.5 Å². The maximum Gasteiger partial charge on any atom is 0.0954 e. The number of nitrogens with zero attached hydrogens (tertiary/aromatic N) is 2. The molecule has 0 radical (unpaired) electrons. The zero-order chi connectivity index (χ0) is 18.1. The minimum absolute atomic E-state index is 0.167. The van der Waals surface area contributed by atoms with Gasteiger partial charge in [-0.25, -0.2) is 4.98 Å². The molecule has 6 heteroatoms. The standard InChI is InChI=1S/C20H14Cl3N3/c21-13-5-6-15(19(23)9-13)20(26-8-7-24-12-26)17-11-25-10-16(17)14-3-1-2-4-18(14)22/h1-12,20,25H. The molecule has 0 spiro atoms. The Hall–Kier alpha value is -2.20. The molecule has 0 amide bonds. The van der Waals surface area contributed by atoms with Gasteiger partial charge in [-0.2, -0.15) is 0 Å². The zero-order valence-electron chi connectivity index (χ0n) is 13.5. The van der Waals surface area contributed by atoms with E-state index in [0.717, 1.165) is 22.3 Å². The van der Waals surface area contributed by atoms with Gasteiger partial charge in [0.05, 0.1) is 12.4 Å². The number of hydrogen-bond acceptors (Lipinski definition) is 1. The predicted octanol–water partition coefficient (Wildman–Crippen LogP) is 6.48. The van der Waals surface area contributed by atoms with E-state index in [-0.39, 0.29) is 6.04 Å². The number of aromatic nitrogens is 3. The number of rotatable bonds is 4. The first-order chi connectivity index (χ1) is 12.6. The molecule has 4 rings (SSSR count). The van der Waals surface area contributed by atoms with E-state index in [9.17, 15) is 0 Å². The Morgan fingerprint density at radius 2 is 1.73 bits per heavy atom. The highest BCUT2D eigenvalue weighted by molar-refractivity contribution is 6.35. The molecule has 1 atom stereocenters. The molecule has 4 aromatic rings. The van der Waals surface area contributed by atoms with Crippen LogP contribution in [0.5, 0.6) is 0 Å². The Morgan fingerprint density at radius 3 is 2.46 bits per heavy atom. The van der Waals surface area contributed by atoms with Crippen molar-refractivity contribution >= 4 is 34.8 Å². The second kappa shape index (κ2) is 7.20. The van der Waals surface area contributed by atoms with Crippen LogP contribution in [0, 0.1) is 0 Å². The summed E-state index contributed by atoms with van der Waals surface area (Å²) < 4.78 is 2.01. The average molecular weight is 403 g/mol. The van der Waals surface area contributed by atoms with E-state index in [1.54, 1.807) is 18.6 Å². The largest absolute Gasteiger partial charge is 0.367 e. The van der Waals surface area contributed by atoms with Gasteiger partial charge in [-0.15, -0.1) is 0 Å². The van der Waals surface area contributed by atoms with Crippen molar-refractivity contribution in [2.75, 3.05) is 0 Å². The molecule has 0 aliphatic rings. The van der Waals surface area contributed by atoms with Crippen LogP contribution in [0.1, 0.15) is 17.2 Å². The first kappa shape index (κ1) is 17.2. The van der Waals surface area contributed by atoms with Crippen LogP contribution in [0.15, 0.2) is 73.6 Å². The summed E-state index contributed by atoms with van der Waals surface area (Å²) in [7, 11) is 0. The van der Waals surface area contributed by atoms with Gasteiger partial charge in [0.1, 0.15) is 0 Å². The number of nitrogens with one attached hydrogen (secondary N) is 1. The van der Waals surface area contributed by atoms with Crippen molar-refractivity contribution in [2.45, 2.75) is 6.04 Å². The fourth-order valence-corrected chi connectivity index (χ4v) is 3.90. The monoisotopic (exact) mass is 401 g/mol. The van der Waals surface area contributed by atoms with E-state index in [2.05, 4.69) is 9.97 Å². The van der Waals surface area contributed by atoms with E-state index < -0.39 is 0 Å². The van der Waals surface area contributed by atoms with Gasteiger partial charge in [-0.05, 0) is 23.8 Å². The maximum absolute atomic E-state index is 6.53. The van der Waals surface area contributed by atoms with Crippen LogP contribution in [-0.4, -0.2) is 14.5 Å². The predicted molar refractivity (Wildman–Crippen MR) is 107 cm³/mol. The van der Waals surface area contributed by atoms with E-state index in [1.165, 1.54) is 0 Å². The number of hydrogen-bond donors (Lipinski definition) is 1. The molecule has 0 aliphatic heterocycles. The summed E-state index contributed by atoms with van der Waals surface area (Å²) in [4.78, 5) is 7.41. The van der Waals surface area contributed by atoms with Gasteiger partial charge in [0.25, 0.3) is 0 Å². The topological polar surface area (TPSA) is 33.6 Å². The summed E-state index contributed by atoms with van der Waals surface area (Å²) in [6.45, 7) is 0. The van der Waals surface area contributed by atoms with Gasteiger partial charge in [-0.3, -0.25) is 0 Å². The number of benzene rings is 2. The third-order valence-corrected chi connectivity index (χ3v) is 5.21. The lowest BCUT2D eigenvalue weighted by Crippen LogP contribution is -2.11. The zero-order valence-corrected chi connectivity index (χ0v) is 15.8. The van der Waals surface area contributed by atoms with Crippen LogP contribution in [0.25, 0.3) is 11.1 Å². The molecule has 2 aromatic carbocycles. The summed E-state index contributed by atoms with van der Waals surface area (Å²) in [6, 6.07) is 13.1. The van der Waals surface area contributed by atoms with Gasteiger partial charge in [0.15, 0.2) is 0 Å². The summed E-state index contributed by atoms with van der Waals surface area (Å²) in [5.74, 6) is 0. The lowest BCUT2D eigenvalue weighted by atomic mass is 9.94. The molecule has 0 bridgehead atoms. The minimum Gasteiger partial charge on any atom is -0.367 e. The third-order valence-electron chi connectivity index (χ3n) is 4.32. The first-order valence-electron chi connectivity index (χ1n) is 7.99. The SMILES string of the molecule is Clc1ccc(C(c2c[nH]cc2-c2ccccc2Cl)n2ccnc2)c(Cl)c1. The Balaban J connectivity index is 1.93. The molecule has 130 valence electrons. The second-order valence-electron chi connectivity index (χ2n) is 5.88. The Morgan fingerprint density at radius 1 is 0.885 bits per heavy atom. The molecule has 0 saturated carbocycles. The van der Waals surface area contributed by atoms with Crippen molar-refractivity contribution in [2.24, 2.45) is 0 Å². The molecular formula is C20H14Cl3N3. The molecule has 26 heavy (non-hydrogen) atoms. The molecule has 3 nitrogen and oxygen atoms in total. The molecular weight excluding hydrogens is 389 g/mol. The number of halogens is 3. The van der Waals surface area contributed by atoms with Crippen molar-refractivity contribution in [3.05, 3.63) is 99.8 Å². The quantitative estimate of drug-likeness (QED) is 0.416. The number of aromatic amines is 1. The Kier molecular flexibility index (Phi) is 4.77. The summed E-state index contributed by atoms with van der Waals surface area (Å²) in [6.07, 6.45) is 9.36. The second-order valence-corrected chi connectivity index (χ2v) is 7.13. The van der Waals surface area contributed by atoms with Crippen molar-refractivity contribution < 1.29 is 0 Å². The fraction of sp³-hybridized carbons (Fsp3) is 0.0500. The van der Waals surface area contributed by atoms with Crippen LogP contribution < -0.4 is 0 Å². The molecule has 0 saturated heterocycles. The molecule has 1 unspecified atom stereocenters. The molecule has 1 N–H and O–H groups in total. The lowest BCUT2D eigenvalue weighted by Gasteiger charge is -2.21. The van der Waals surface area contributed by atoms with Crippen LogP contribution in [0.2, 0.25) is 15.1 Å². The highest BCUT2D eigenvalue weighted by Gasteiger charge is 2.23. The number of imidazole rings is 1. The van der Waals surface area contributed by atoms with E-state index in [4.69, 9.17) is 34.8 Å². The van der Waals surface area contributed by atoms with Crippen molar-refractivity contribution in [1.82, 2.24) is 14.5 Å². The van der Waals surface area contributed by atoms with Gasteiger partial charge >= 0.3 is 0 Å². The first-order valence-corrected chi connectivity index (χ1v) is 9.12. The Bertz CT molecular complexity index is 1040. The van der Waals surface area contributed by atoms with Gasteiger partial charge < -0.3 is 9.55 Å². The summed E-state index contributed by atoms with van der Waals surface area (Å²) in [5, 5.41) is 1.89. The van der Waals surface area contributed by atoms with Crippen molar-refractivity contribution in [3.63, 3.8) is 0 Å². The summed E-state index contributed by atoms with van der Waals surface area (Å²) >= 11 is 19.1.